The van der Waals surface area contributed by atoms with E-state index in [9.17, 15) is 4.79 Å². The first-order valence-electron chi connectivity index (χ1n) is 8.16. The van der Waals surface area contributed by atoms with E-state index in [0.29, 0.717) is 15.9 Å². The Hall–Kier alpha value is -2.31. The van der Waals surface area contributed by atoms with Gasteiger partial charge in [-0.3, -0.25) is 9.36 Å². The summed E-state index contributed by atoms with van der Waals surface area (Å²) in [5.74, 6) is 0.676. The van der Waals surface area contributed by atoms with Gasteiger partial charge in [0.15, 0.2) is 5.16 Å². The van der Waals surface area contributed by atoms with Crippen molar-refractivity contribution in [2.45, 2.75) is 31.2 Å². The third-order valence-corrected chi connectivity index (χ3v) is 5.15. The maximum atomic E-state index is 12.5. The van der Waals surface area contributed by atoms with Crippen molar-refractivity contribution >= 4 is 35.0 Å². The second kappa shape index (κ2) is 7.93. The van der Waals surface area contributed by atoms with Crippen LogP contribution < -0.4 is 5.32 Å². The van der Waals surface area contributed by atoms with E-state index in [-0.39, 0.29) is 11.2 Å². The summed E-state index contributed by atoms with van der Waals surface area (Å²) < 4.78 is 1.95. The van der Waals surface area contributed by atoms with Gasteiger partial charge in [-0.15, -0.1) is 10.2 Å². The van der Waals surface area contributed by atoms with Crippen LogP contribution >= 0.6 is 23.4 Å². The van der Waals surface area contributed by atoms with Crippen molar-refractivity contribution in [3.8, 4) is 5.69 Å². The zero-order valence-electron chi connectivity index (χ0n) is 14.7. The van der Waals surface area contributed by atoms with Crippen molar-refractivity contribution < 1.29 is 4.79 Å². The molecule has 0 bridgehead atoms. The normalized spacial score (nSPS) is 12.0. The first-order chi connectivity index (χ1) is 12.4. The molecule has 0 aliphatic carbocycles. The first-order valence-corrected chi connectivity index (χ1v) is 9.42. The molecule has 0 saturated heterocycles. The molecule has 0 spiro atoms. The zero-order valence-corrected chi connectivity index (χ0v) is 16.3. The van der Waals surface area contributed by atoms with E-state index < -0.39 is 0 Å². The molecule has 5 nitrogen and oxygen atoms in total. The molecule has 1 heterocycles. The molecule has 3 aromatic rings. The van der Waals surface area contributed by atoms with Gasteiger partial charge < -0.3 is 5.32 Å². The summed E-state index contributed by atoms with van der Waals surface area (Å²) >= 11 is 7.24. The Morgan fingerprint density at radius 3 is 2.38 bits per heavy atom. The maximum Gasteiger partial charge on any atom is 0.237 e. The largest absolute Gasteiger partial charge is 0.325 e. The molecule has 1 N–H and O–H groups in total. The Balaban J connectivity index is 1.75. The van der Waals surface area contributed by atoms with Crippen molar-refractivity contribution in [1.82, 2.24) is 14.8 Å². The van der Waals surface area contributed by atoms with Gasteiger partial charge in [0.2, 0.25) is 5.91 Å². The fourth-order valence-corrected chi connectivity index (χ4v) is 3.44. The van der Waals surface area contributed by atoms with E-state index in [1.165, 1.54) is 17.3 Å². The van der Waals surface area contributed by atoms with Crippen molar-refractivity contribution in [1.29, 1.82) is 0 Å². The summed E-state index contributed by atoms with van der Waals surface area (Å²) in [5, 5.41) is 12.3. The second-order valence-electron chi connectivity index (χ2n) is 5.96. The van der Waals surface area contributed by atoms with E-state index in [2.05, 4.69) is 15.5 Å². The summed E-state index contributed by atoms with van der Waals surface area (Å²) in [6.07, 6.45) is 0. The lowest BCUT2D eigenvalue weighted by molar-refractivity contribution is -0.115. The predicted molar refractivity (Wildman–Crippen MR) is 106 cm³/mol. The number of nitrogens with zero attached hydrogens (tertiary/aromatic N) is 3. The monoisotopic (exact) mass is 386 g/mol. The smallest absolute Gasteiger partial charge is 0.237 e. The van der Waals surface area contributed by atoms with Gasteiger partial charge in [0.05, 0.1) is 5.25 Å². The van der Waals surface area contributed by atoms with E-state index >= 15 is 0 Å². The number of hydrogen-bond donors (Lipinski definition) is 1. The summed E-state index contributed by atoms with van der Waals surface area (Å²) in [7, 11) is 0. The van der Waals surface area contributed by atoms with Gasteiger partial charge in [-0.25, -0.2) is 0 Å². The fraction of sp³-hybridized carbons (Fsp3) is 0.211. The number of thioether (sulfide) groups is 1. The molecular weight excluding hydrogens is 368 g/mol. The Labute approximate surface area is 161 Å². The molecule has 1 atom stereocenters. The van der Waals surface area contributed by atoms with Gasteiger partial charge >= 0.3 is 0 Å². The highest BCUT2D eigenvalue weighted by atomic mass is 35.5. The van der Waals surface area contributed by atoms with Gasteiger partial charge in [0.25, 0.3) is 0 Å². The average Bonchev–Trinajstić information content (AvgIpc) is 2.98. The highest BCUT2D eigenvalue weighted by Gasteiger charge is 2.20. The second-order valence-corrected chi connectivity index (χ2v) is 7.70. The summed E-state index contributed by atoms with van der Waals surface area (Å²) in [5.41, 5.74) is 2.87. The molecule has 7 heteroatoms. The average molecular weight is 387 g/mol. The number of nitrogens with one attached hydrogen (secondary N) is 1. The molecule has 0 radical (unpaired) electrons. The van der Waals surface area contributed by atoms with Crippen LogP contribution in [0, 0.1) is 13.8 Å². The summed E-state index contributed by atoms with van der Waals surface area (Å²) in [4.78, 5) is 12.5. The minimum absolute atomic E-state index is 0.103. The Morgan fingerprint density at radius 1 is 1.08 bits per heavy atom. The van der Waals surface area contributed by atoms with Crippen molar-refractivity contribution in [2.24, 2.45) is 0 Å². The van der Waals surface area contributed by atoms with Crippen molar-refractivity contribution in [3.63, 3.8) is 0 Å². The van der Waals surface area contributed by atoms with Gasteiger partial charge in [-0.05, 0) is 57.2 Å². The van der Waals surface area contributed by atoms with Crippen LogP contribution in [-0.4, -0.2) is 25.9 Å². The van der Waals surface area contributed by atoms with Crippen LogP contribution in [0.2, 0.25) is 5.02 Å². The summed E-state index contributed by atoms with van der Waals surface area (Å²) in [6, 6.07) is 15.2. The number of rotatable bonds is 5. The third-order valence-electron chi connectivity index (χ3n) is 3.85. The molecule has 3 rings (SSSR count). The van der Waals surface area contributed by atoms with Crippen LogP contribution in [0.1, 0.15) is 18.3 Å². The predicted octanol–water partition coefficient (Wildman–Crippen LogP) is 4.66. The van der Waals surface area contributed by atoms with Crippen molar-refractivity contribution in [2.75, 3.05) is 5.32 Å². The van der Waals surface area contributed by atoms with Gasteiger partial charge in [-0.1, -0.05) is 41.1 Å². The van der Waals surface area contributed by atoms with Gasteiger partial charge in [0.1, 0.15) is 5.82 Å². The van der Waals surface area contributed by atoms with Crippen LogP contribution in [0.25, 0.3) is 5.69 Å². The topological polar surface area (TPSA) is 59.8 Å². The molecule has 0 aliphatic heterocycles. The molecule has 0 saturated carbocycles. The minimum Gasteiger partial charge on any atom is -0.325 e. The number of amides is 1. The zero-order chi connectivity index (χ0) is 18.7. The Morgan fingerprint density at radius 2 is 1.73 bits per heavy atom. The maximum absolute atomic E-state index is 12.5. The molecule has 0 unspecified atom stereocenters. The lowest BCUT2D eigenvalue weighted by atomic mass is 10.2. The molecule has 1 aromatic heterocycles. The molecule has 1 amide bonds. The Bertz CT molecular complexity index is 906. The minimum atomic E-state index is -0.335. The van der Waals surface area contributed by atoms with E-state index in [1.807, 2.05) is 49.6 Å². The molecule has 0 aliphatic rings. The number of anilines is 1. The molecule has 26 heavy (non-hydrogen) atoms. The van der Waals surface area contributed by atoms with Crippen molar-refractivity contribution in [3.05, 3.63) is 64.9 Å². The van der Waals surface area contributed by atoms with E-state index in [0.717, 1.165) is 11.5 Å². The SMILES string of the molecule is Cc1ccc(-n2c(C)nnc2S[C@H](C)C(=O)Nc2ccc(Cl)cc2)cc1. The molecular formula is C19H19ClN4OS. The molecule has 2 aromatic carbocycles. The number of carbonyl (C=O) groups is 1. The third kappa shape index (κ3) is 4.26. The summed E-state index contributed by atoms with van der Waals surface area (Å²) in [6.45, 7) is 5.79. The van der Waals surface area contributed by atoms with Gasteiger partial charge in [0, 0.05) is 16.4 Å². The number of aromatic nitrogens is 3. The lowest BCUT2D eigenvalue weighted by Crippen LogP contribution is -2.22. The Kier molecular flexibility index (Phi) is 5.64. The van der Waals surface area contributed by atoms with E-state index in [4.69, 9.17) is 11.6 Å². The molecule has 0 fully saturated rings. The van der Waals surface area contributed by atoms with Gasteiger partial charge in [-0.2, -0.15) is 0 Å². The van der Waals surface area contributed by atoms with Crippen LogP contribution in [0.3, 0.4) is 0 Å². The fourth-order valence-electron chi connectivity index (χ4n) is 2.40. The van der Waals surface area contributed by atoms with Crippen LogP contribution in [0.4, 0.5) is 5.69 Å². The lowest BCUT2D eigenvalue weighted by Gasteiger charge is -2.13. The quantitative estimate of drug-likeness (QED) is 0.648. The van der Waals surface area contributed by atoms with Crippen LogP contribution in [0.5, 0.6) is 0 Å². The highest BCUT2D eigenvalue weighted by Crippen LogP contribution is 2.26. The first kappa shape index (κ1) is 18.5. The van der Waals surface area contributed by atoms with Crippen LogP contribution in [0.15, 0.2) is 53.7 Å². The molecule has 134 valence electrons. The number of hydrogen-bond acceptors (Lipinski definition) is 4. The number of benzene rings is 2. The number of halogens is 1. The van der Waals surface area contributed by atoms with Crippen LogP contribution in [-0.2, 0) is 4.79 Å². The highest BCUT2D eigenvalue weighted by molar-refractivity contribution is 8.00. The van der Waals surface area contributed by atoms with E-state index in [1.54, 1.807) is 24.3 Å². The standard InChI is InChI=1S/C19H19ClN4OS/c1-12-4-10-17(11-5-12)24-14(3)22-23-19(24)26-13(2)18(25)21-16-8-6-15(20)7-9-16/h4-11,13H,1-3H3,(H,21,25)/t13-/m1/s1. The number of aryl methyl sites for hydroxylation is 2. The number of carbonyl (C=O) groups excluding carboxylic acids is 1.